The second-order valence-corrected chi connectivity index (χ2v) is 9.22. The highest BCUT2D eigenvalue weighted by atomic mass is 32.2. The van der Waals surface area contributed by atoms with Crippen LogP contribution in [0.2, 0.25) is 0 Å². The number of benzene rings is 2. The summed E-state index contributed by atoms with van der Waals surface area (Å²) in [4.78, 5) is 31.1. The molecule has 3 aromatic rings. The van der Waals surface area contributed by atoms with Gasteiger partial charge in [0.2, 0.25) is 5.89 Å². The summed E-state index contributed by atoms with van der Waals surface area (Å²) in [7, 11) is -1.24. The fourth-order valence-corrected chi connectivity index (χ4v) is 3.96. The molecule has 11 nitrogen and oxygen atoms in total. The number of methoxy groups -OCH3 is 2. The van der Waals surface area contributed by atoms with Gasteiger partial charge in [0.05, 0.1) is 20.8 Å². The van der Waals surface area contributed by atoms with Gasteiger partial charge in [0.1, 0.15) is 17.8 Å². The summed E-state index contributed by atoms with van der Waals surface area (Å²) in [6.45, 7) is 2.12. The third kappa shape index (κ3) is 7.06. The van der Waals surface area contributed by atoms with Gasteiger partial charge in [-0.3, -0.25) is 9.59 Å². The molecule has 192 valence electrons. The number of nitrogens with zero attached hydrogens (tertiary/aromatic N) is 2. The van der Waals surface area contributed by atoms with Crippen molar-refractivity contribution in [2.24, 2.45) is 5.14 Å². The van der Waals surface area contributed by atoms with Crippen LogP contribution >= 0.6 is 0 Å². The number of rotatable bonds is 11. The van der Waals surface area contributed by atoms with Crippen LogP contribution in [0.4, 0.5) is 0 Å². The van der Waals surface area contributed by atoms with E-state index in [4.69, 9.17) is 19.0 Å². The van der Waals surface area contributed by atoms with E-state index in [0.29, 0.717) is 30.0 Å². The van der Waals surface area contributed by atoms with Crippen molar-refractivity contribution in [3.63, 3.8) is 0 Å². The van der Waals surface area contributed by atoms with Gasteiger partial charge in [-0.2, -0.15) is 8.42 Å². The van der Waals surface area contributed by atoms with Crippen molar-refractivity contribution in [2.75, 3.05) is 20.8 Å². The van der Waals surface area contributed by atoms with Crippen LogP contribution in [0.25, 0.3) is 0 Å². The average molecular weight is 517 g/mol. The summed E-state index contributed by atoms with van der Waals surface area (Å²) in [6.07, 6.45) is 2.38. The number of aryl methyl sites for hydroxylation is 1. The van der Waals surface area contributed by atoms with E-state index in [2.05, 4.69) is 4.98 Å². The summed E-state index contributed by atoms with van der Waals surface area (Å²) >= 11 is 0. The van der Waals surface area contributed by atoms with Crippen molar-refractivity contribution in [1.29, 1.82) is 0 Å². The molecule has 0 aliphatic carbocycles. The minimum absolute atomic E-state index is 0.0497. The first-order valence-electron chi connectivity index (χ1n) is 11.0. The van der Waals surface area contributed by atoms with Crippen LogP contribution in [0.3, 0.4) is 0 Å². The number of ether oxygens (including phenoxy) is 2. The number of carbonyl (C=O) groups excluding carboxylic acids is 2. The third-order valence-corrected chi connectivity index (χ3v) is 5.84. The van der Waals surface area contributed by atoms with Crippen molar-refractivity contribution in [2.45, 2.75) is 26.3 Å². The van der Waals surface area contributed by atoms with Crippen LogP contribution in [0, 0.1) is 6.92 Å². The summed E-state index contributed by atoms with van der Waals surface area (Å²) in [5, 5.41) is 4.83. The van der Waals surface area contributed by atoms with Crippen LogP contribution < -0.4 is 19.3 Å². The Morgan fingerprint density at radius 1 is 1.11 bits per heavy atom. The molecular formula is C24H28N4O7S. The number of amides is 2. The molecule has 0 radical (unpaired) electrons. The normalized spacial score (nSPS) is 11.1. The molecule has 0 spiro atoms. The quantitative estimate of drug-likeness (QED) is 0.393. The Balaban J connectivity index is 1.84. The number of hydrogen-bond donors (Lipinski definition) is 2. The zero-order chi connectivity index (χ0) is 26.3. The molecule has 12 heteroatoms. The smallest absolute Gasteiger partial charge is 0.299 e. The minimum Gasteiger partial charge on any atom is -0.496 e. The molecule has 2 amide bonds. The van der Waals surface area contributed by atoms with Gasteiger partial charge >= 0.3 is 0 Å². The van der Waals surface area contributed by atoms with Crippen LogP contribution in [0.15, 0.2) is 53.1 Å². The van der Waals surface area contributed by atoms with Crippen molar-refractivity contribution in [3.05, 3.63) is 77.0 Å². The molecule has 0 atom stereocenters. The Morgan fingerprint density at radius 3 is 2.33 bits per heavy atom. The molecule has 0 unspecified atom stereocenters. The zero-order valence-electron chi connectivity index (χ0n) is 20.2. The number of oxazole rings is 1. The van der Waals surface area contributed by atoms with Gasteiger partial charge in [0.15, 0.2) is 5.69 Å². The molecule has 0 saturated heterocycles. The fraction of sp³-hybridized carbons (Fsp3) is 0.292. The summed E-state index contributed by atoms with van der Waals surface area (Å²) < 4.78 is 40.0. The summed E-state index contributed by atoms with van der Waals surface area (Å²) in [6, 6.07) is 13.1. The Bertz CT molecular complexity index is 1300. The van der Waals surface area contributed by atoms with Gasteiger partial charge in [-0.15, -0.1) is 0 Å². The number of aromatic nitrogens is 1. The lowest BCUT2D eigenvalue weighted by atomic mass is 10.1. The molecule has 0 bridgehead atoms. The monoisotopic (exact) mass is 516 g/mol. The molecule has 0 aliphatic rings. The Morgan fingerprint density at radius 2 is 1.75 bits per heavy atom. The SMILES string of the molecule is COc1cc(C(=O)N(CCCc2ccccc2)Cc2nc(C(=O)NS(N)(=O)=O)co2)cc(OC)c1C. The van der Waals surface area contributed by atoms with E-state index in [1.54, 1.807) is 16.9 Å². The lowest BCUT2D eigenvalue weighted by Crippen LogP contribution is -2.36. The topological polar surface area (TPSA) is 154 Å². The van der Waals surface area contributed by atoms with E-state index in [0.717, 1.165) is 23.8 Å². The molecular weight excluding hydrogens is 488 g/mol. The van der Waals surface area contributed by atoms with Crippen molar-refractivity contribution in [1.82, 2.24) is 14.6 Å². The van der Waals surface area contributed by atoms with Gasteiger partial charge < -0.3 is 18.8 Å². The first-order valence-corrected chi connectivity index (χ1v) is 12.5. The van der Waals surface area contributed by atoms with Crippen molar-refractivity contribution in [3.8, 4) is 11.5 Å². The molecule has 1 heterocycles. The van der Waals surface area contributed by atoms with E-state index in [-0.39, 0.29) is 24.0 Å². The van der Waals surface area contributed by atoms with E-state index < -0.39 is 16.1 Å². The van der Waals surface area contributed by atoms with E-state index in [1.807, 2.05) is 37.3 Å². The maximum atomic E-state index is 13.5. The number of carbonyl (C=O) groups is 2. The van der Waals surface area contributed by atoms with Crippen LogP contribution in [0.5, 0.6) is 11.5 Å². The maximum Gasteiger partial charge on any atom is 0.299 e. The maximum absolute atomic E-state index is 13.5. The fourth-order valence-electron chi connectivity index (χ4n) is 3.60. The van der Waals surface area contributed by atoms with E-state index in [1.165, 1.54) is 19.1 Å². The first-order chi connectivity index (χ1) is 17.1. The number of hydrogen-bond acceptors (Lipinski definition) is 8. The predicted molar refractivity (Wildman–Crippen MR) is 131 cm³/mol. The molecule has 0 fully saturated rings. The summed E-state index contributed by atoms with van der Waals surface area (Å²) in [5.74, 6) is -0.315. The standard InChI is InChI=1S/C24H28N4O7S/c1-16-20(33-2)12-18(13-21(16)34-3)24(30)28(11-7-10-17-8-5-4-6-9-17)14-22-26-19(15-35-22)23(29)27-36(25,31)32/h4-6,8-9,12-13,15H,7,10-11,14H2,1-3H3,(H,27,29)(H2,25,31,32). The zero-order valence-corrected chi connectivity index (χ0v) is 21.0. The molecule has 0 aliphatic heterocycles. The second kappa shape index (κ2) is 11.7. The van der Waals surface area contributed by atoms with Crippen LogP contribution in [0.1, 0.15) is 44.3 Å². The van der Waals surface area contributed by atoms with Crippen LogP contribution in [-0.2, 0) is 23.2 Å². The van der Waals surface area contributed by atoms with Gasteiger partial charge in [-0.25, -0.2) is 14.8 Å². The number of nitrogens with one attached hydrogen (secondary N) is 1. The highest BCUT2D eigenvalue weighted by Crippen LogP contribution is 2.30. The second-order valence-electron chi connectivity index (χ2n) is 7.92. The Labute approximate surface area is 209 Å². The lowest BCUT2D eigenvalue weighted by molar-refractivity contribution is 0.0725. The highest BCUT2D eigenvalue weighted by molar-refractivity contribution is 7.87. The molecule has 1 aromatic heterocycles. The summed E-state index contributed by atoms with van der Waals surface area (Å²) in [5.41, 5.74) is 1.94. The first kappa shape index (κ1) is 26.7. The lowest BCUT2D eigenvalue weighted by Gasteiger charge is -2.22. The minimum atomic E-state index is -4.26. The van der Waals surface area contributed by atoms with Gasteiger partial charge in [0, 0.05) is 17.7 Å². The molecule has 0 saturated carbocycles. The molecule has 36 heavy (non-hydrogen) atoms. The average Bonchev–Trinajstić information content (AvgIpc) is 3.31. The molecule has 3 rings (SSSR count). The van der Waals surface area contributed by atoms with Crippen LogP contribution in [-0.4, -0.2) is 50.9 Å². The predicted octanol–water partition coefficient (Wildman–Crippen LogP) is 2.21. The Hall–Kier alpha value is -3.90. The molecule has 2 aromatic carbocycles. The van der Waals surface area contributed by atoms with Gasteiger partial charge in [0.25, 0.3) is 22.0 Å². The van der Waals surface area contributed by atoms with E-state index in [9.17, 15) is 18.0 Å². The van der Waals surface area contributed by atoms with Gasteiger partial charge in [-0.1, -0.05) is 30.3 Å². The van der Waals surface area contributed by atoms with Crippen molar-refractivity contribution >= 4 is 22.0 Å². The highest BCUT2D eigenvalue weighted by Gasteiger charge is 2.23. The van der Waals surface area contributed by atoms with Crippen molar-refractivity contribution < 1.29 is 31.9 Å². The third-order valence-electron chi connectivity index (χ3n) is 5.37. The largest absolute Gasteiger partial charge is 0.496 e. The molecule has 3 N–H and O–H groups in total. The van der Waals surface area contributed by atoms with Gasteiger partial charge in [-0.05, 0) is 37.5 Å². The number of nitrogens with two attached hydrogens (primary N) is 1. The van der Waals surface area contributed by atoms with E-state index >= 15 is 0 Å². The Kier molecular flexibility index (Phi) is 8.67.